The van der Waals surface area contributed by atoms with E-state index in [9.17, 15) is 0 Å². The number of aromatic nitrogens is 2. The first-order valence-electron chi connectivity index (χ1n) is 6.26. The first-order valence-corrected chi connectivity index (χ1v) is 7.34. The molecule has 2 saturated carbocycles. The molecule has 0 radical (unpaired) electrons. The zero-order valence-electron chi connectivity index (χ0n) is 10.1. The molecule has 0 saturated heterocycles. The fourth-order valence-electron chi connectivity index (χ4n) is 3.43. The van der Waals surface area contributed by atoms with Crippen LogP contribution in [0, 0.1) is 32.8 Å². The summed E-state index contributed by atoms with van der Waals surface area (Å²) in [6.07, 6.45) is 2.21. The van der Waals surface area contributed by atoms with Crippen LogP contribution in [0.15, 0.2) is 6.07 Å². The van der Waals surface area contributed by atoms with Crippen molar-refractivity contribution >= 4 is 22.6 Å². The van der Waals surface area contributed by atoms with E-state index >= 15 is 0 Å². The summed E-state index contributed by atoms with van der Waals surface area (Å²) in [4.78, 5) is 0. The summed E-state index contributed by atoms with van der Waals surface area (Å²) in [7, 11) is 0. The summed E-state index contributed by atoms with van der Waals surface area (Å²) in [5.41, 5.74) is 1.40. The molecule has 0 amide bonds. The average molecular weight is 341 g/mol. The summed E-state index contributed by atoms with van der Waals surface area (Å²) < 4.78 is 3.26. The summed E-state index contributed by atoms with van der Waals surface area (Å²) in [6.45, 7) is 4.37. The molecule has 2 fully saturated rings. The second-order valence-corrected chi connectivity index (χ2v) is 6.69. The summed E-state index contributed by atoms with van der Waals surface area (Å²) in [6, 6.07) is 5.07. The molecule has 0 spiro atoms. The molecule has 0 aromatic carbocycles. The Labute approximate surface area is 115 Å². The average Bonchev–Trinajstić information content (AvgIpc) is 2.66. The van der Waals surface area contributed by atoms with E-state index in [1.54, 1.807) is 0 Å². The summed E-state index contributed by atoms with van der Waals surface area (Å²) in [5.74, 6) is 2.50. The molecule has 2 aliphatic rings. The zero-order chi connectivity index (χ0) is 12.2. The summed E-state index contributed by atoms with van der Waals surface area (Å²) >= 11 is 2.29. The number of rotatable bonds is 2. The monoisotopic (exact) mass is 341 g/mol. The van der Waals surface area contributed by atoms with Crippen LogP contribution >= 0.6 is 22.6 Å². The molecule has 0 N–H and O–H groups in total. The smallest absolute Gasteiger partial charge is 0.123 e. The van der Waals surface area contributed by atoms with Crippen LogP contribution in [0.5, 0.6) is 0 Å². The molecular weight excluding hydrogens is 325 g/mol. The number of nitrogens with zero attached hydrogens (tertiary/aromatic N) is 3. The van der Waals surface area contributed by atoms with Crippen molar-refractivity contribution in [2.24, 2.45) is 17.8 Å². The van der Waals surface area contributed by atoms with Crippen LogP contribution in [0.1, 0.15) is 44.3 Å². The minimum absolute atomic E-state index is 0.316. The van der Waals surface area contributed by atoms with Crippen LogP contribution in [-0.2, 0) is 0 Å². The number of hydrogen-bond acceptors (Lipinski definition) is 2. The molecule has 2 unspecified atom stereocenters. The fourth-order valence-corrected chi connectivity index (χ4v) is 3.98. The molecule has 17 heavy (non-hydrogen) atoms. The minimum atomic E-state index is 0.316. The van der Waals surface area contributed by atoms with E-state index in [-0.39, 0.29) is 0 Å². The maximum absolute atomic E-state index is 8.94. The Kier molecular flexibility index (Phi) is 2.69. The van der Waals surface area contributed by atoms with E-state index in [4.69, 9.17) is 5.26 Å². The van der Waals surface area contributed by atoms with Crippen LogP contribution in [-0.4, -0.2) is 9.78 Å². The first kappa shape index (κ1) is 11.5. The SMILES string of the molecule is CC(C)n1nc(I)cc1C1[C@H]2CC(C#N)C[C@@H]12. The standard InChI is InChI=1S/C13H16IN3/c1-7(2)17-11(5-12(14)16-17)13-9-3-8(6-15)4-10(9)13/h5,7-10,13H,3-4H2,1-2H3/t8?,9-,10+,13?. The van der Waals surface area contributed by atoms with Gasteiger partial charge < -0.3 is 0 Å². The van der Waals surface area contributed by atoms with E-state index in [1.165, 1.54) is 5.69 Å². The maximum Gasteiger partial charge on any atom is 0.123 e. The van der Waals surface area contributed by atoms with Gasteiger partial charge in [0.25, 0.3) is 0 Å². The van der Waals surface area contributed by atoms with Gasteiger partial charge in [0.1, 0.15) is 3.70 Å². The molecule has 4 heteroatoms. The Balaban J connectivity index is 1.83. The lowest BCUT2D eigenvalue weighted by atomic mass is 10.00. The normalized spacial score (nSPS) is 34.8. The highest BCUT2D eigenvalue weighted by Crippen LogP contribution is 2.64. The lowest BCUT2D eigenvalue weighted by Crippen LogP contribution is -2.09. The van der Waals surface area contributed by atoms with E-state index in [2.05, 4.69) is 58.4 Å². The van der Waals surface area contributed by atoms with Crippen LogP contribution in [0.25, 0.3) is 0 Å². The van der Waals surface area contributed by atoms with E-state index in [0.717, 1.165) is 28.4 Å². The number of halogens is 1. The largest absolute Gasteiger partial charge is 0.266 e. The number of nitriles is 1. The maximum atomic E-state index is 8.94. The van der Waals surface area contributed by atoms with Crippen molar-refractivity contribution in [1.82, 2.24) is 9.78 Å². The van der Waals surface area contributed by atoms with Crippen LogP contribution < -0.4 is 0 Å². The van der Waals surface area contributed by atoms with Crippen molar-refractivity contribution in [1.29, 1.82) is 5.26 Å². The molecule has 4 atom stereocenters. The second-order valence-electron chi connectivity index (χ2n) is 5.58. The summed E-state index contributed by atoms with van der Waals surface area (Å²) in [5, 5.41) is 13.5. The van der Waals surface area contributed by atoms with E-state index in [0.29, 0.717) is 17.9 Å². The van der Waals surface area contributed by atoms with Gasteiger partial charge in [-0.05, 0) is 67.2 Å². The minimum Gasteiger partial charge on any atom is -0.266 e. The predicted molar refractivity (Wildman–Crippen MR) is 73.4 cm³/mol. The molecule has 0 aliphatic heterocycles. The van der Waals surface area contributed by atoms with Crippen molar-refractivity contribution in [2.45, 2.75) is 38.6 Å². The Bertz CT molecular complexity index is 473. The molecule has 2 aliphatic carbocycles. The lowest BCUT2D eigenvalue weighted by Gasteiger charge is -2.12. The Morgan fingerprint density at radius 3 is 2.65 bits per heavy atom. The predicted octanol–water partition coefficient (Wildman–Crippen LogP) is 3.33. The Morgan fingerprint density at radius 1 is 1.47 bits per heavy atom. The third-order valence-electron chi connectivity index (χ3n) is 4.19. The molecule has 0 bridgehead atoms. The zero-order valence-corrected chi connectivity index (χ0v) is 12.3. The topological polar surface area (TPSA) is 41.6 Å². The van der Waals surface area contributed by atoms with Gasteiger partial charge in [-0.2, -0.15) is 10.4 Å². The number of hydrogen-bond donors (Lipinski definition) is 0. The van der Waals surface area contributed by atoms with Crippen LogP contribution in [0.3, 0.4) is 0 Å². The van der Waals surface area contributed by atoms with Gasteiger partial charge in [0.05, 0.1) is 6.07 Å². The van der Waals surface area contributed by atoms with Gasteiger partial charge in [-0.3, -0.25) is 4.68 Å². The molecule has 1 aromatic rings. The second kappa shape index (κ2) is 3.98. The third-order valence-corrected chi connectivity index (χ3v) is 4.72. The van der Waals surface area contributed by atoms with Crippen LogP contribution in [0.4, 0.5) is 0 Å². The van der Waals surface area contributed by atoms with Gasteiger partial charge >= 0.3 is 0 Å². The number of fused-ring (bicyclic) bond motifs is 1. The highest BCUT2D eigenvalue weighted by molar-refractivity contribution is 14.1. The molecular formula is C13H16IN3. The van der Waals surface area contributed by atoms with Crippen molar-refractivity contribution in [3.8, 4) is 6.07 Å². The van der Waals surface area contributed by atoms with Gasteiger partial charge in [-0.25, -0.2) is 0 Å². The van der Waals surface area contributed by atoms with Gasteiger partial charge in [0.15, 0.2) is 0 Å². The quantitative estimate of drug-likeness (QED) is 0.775. The van der Waals surface area contributed by atoms with E-state index in [1.807, 2.05) is 0 Å². The Hall–Kier alpha value is -0.570. The Morgan fingerprint density at radius 2 is 2.12 bits per heavy atom. The third kappa shape index (κ3) is 1.79. The molecule has 3 nitrogen and oxygen atoms in total. The fraction of sp³-hybridized carbons (Fsp3) is 0.692. The highest BCUT2D eigenvalue weighted by atomic mass is 127. The van der Waals surface area contributed by atoms with Gasteiger partial charge in [-0.1, -0.05) is 0 Å². The molecule has 90 valence electrons. The van der Waals surface area contributed by atoms with Crippen molar-refractivity contribution in [3.63, 3.8) is 0 Å². The highest BCUT2D eigenvalue weighted by Gasteiger charge is 2.57. The van der Waals surface area contributed by atoms with Gasteiger partial charge in [-0.15, -0.1) is 0 Å². The first-order chi connectivity index (χ1) is 8.11. The van der Waals surface area contributed by atoms with Crippen molar-refractivity contribution < 1.29 is 0 Å². The van der Waals surface area contributed by atoms with Crippen molar-refractivity contribution in [2.75, 3.05) is 0 Å². The lowest BCUT2D eigenvalue weighted by molar-refractivity contribution is 0.483. The van der Waals surface area contributed by atoms with Crippen molar-refractivity contribution in [3.05, 3.63) is 15.5 Å². The molecule has 1 aromatic heterocycles. The van der Waals surface area contributed by atoms with E-state index < -0.39 is 0 Å². The van der Waals surface area contributed by atoms with Gasteiger partial charge in [0, 0.05) is 23.6 Å². The molecule has 3 rings (SSSR count). The van der Waals surface area contributed by atoms with Gasteiger partial charge in [0.2, 0.25) is 0 Å². The van der Waals surface area contributed by atoms with Crippen LogP contribution in [0.2, 0.25) is 0 Å². The molecule has 1 heterocycles.